The molecule has 1 aliphatic heterocycles. The number of hydrogen-bond acceptors (Lipinski definition) is 3. The van der Waals surface area contributed by atoms with Gasteiger partial charge in [-0.25, -0.2) is 4.79 Å². The van der Waals surface area contributed by atoms with Crippen LogP contribution in [0.4, 0.5) is 0 Å². The average Bonchev–Trinajstić information content (AvgIpc) is 2.75. The largest absolute Gasteiger partial charge is 0.491 e. The zero-order valence-corrected chi connectivity index (χ0v) is 9.76. The minimum absolute atomic E-state index is 0.114. The summed E-state index contributed by atoms with van der Waals surface area (Å²) in [7, 11) is 0. The maximum Gasteiger partial charge on any atom is 0.332 e. The van der Waals surface area contributed by atoms with Crippen molar-refractivity contribution in [2.24, 2.45) is 0 Å². The van der Waals surface area contributed by atoms with Gasteiger partial charge in [0.15, 0.2) is 6.10 Å². The van der Waals surface area contributed by atoms with Gasteiger partial charge in [0.25, 0.3) is 0 Å². The van der Waals surface area contributed by atoms with Crippen LogP contribution in [-0.2, 0) is 9.53 Å². The summed E-state index contributed by atoms with van der Waals surface area (Å²) in [5, 5.41) is 8.79. The molecule has 4 nitrogen and oxygen atoms in total. The number of aryl methyl sites for hydroxylation is 1. The van der Waals surface area contributed by atoms with Crippen LogP contribution in [0.5, 0.6) is 5.75 Å². The van der Waals surface area contributed by atoms with E-state index in [0.717, 1.165) is 17.7 Å². The number of rotatable bonds is 4. The molecule has 0 radical (unpaired) electrons. The molecule has 1 aromatic rings. The van der Waals surface area contributed by atoms with E-state index in [1.807, 2.05) is 31.2 Å². The van der Waals surface area contributed by atoms with Crippen LogP contribution < -0.4 is 4.74 Å². The zero-order valence-electron chi connectivity index (χ0n) is 9.76. The maximum atomic E-state index is 10.7. The fourth-order valence-electron chi connectivity index (χ4n) is 1.90. The Morgan fingerprint density at radius 3 is 3.00 bits per heavy atom. The molecule has 0 aromatic heterocycles. The molecule has 0 saturated carbocycles. The molecule has 1 saturated heterocycles. The monoisotopic (exact) mass is 236 g/mol. The van der Waals surface area contributed by atoms with Gasteiger partial charge in [-0.3, -0.25) is 0 Å². The lowest BCUT2D eigenvalue weighted by Crippen LogP contribution is -2.23. The van der Waals surface area contributed by atoms with Gasteiger partial charge >= 0.3 is 5.97 Å². The van der Waals surface area contributed by atoms with E-state index in [-0.39, 0.29) is 6.10 Å². The third kappa shape index (κ3) is 3.20. The second-order valence-corrected chi connectivity index (χ2v) is 4.29. The van der Waals surface area contributed by atoms with Crippen LogP contribution in [0.25, 0.3) is 0 Å². The predicted molar refractivity (Wildman–Crippen MR) is 62.2 cm³/mol. The molecule has 17 heavy (non-hydrogen) atoms. The van der Waals surface area contributed by atoms with Crippen LogP contribution >= 0.6 is 0 Å². The van der Waals surface area contributed by atoms with E-state index in [4.69, 9.17) is 14.6 Å². The van der Waals surface area contributed by atoms with Crippen molar-refractivity contribution in [3.63, 3.8) is 0 Å². The van der Waals surface area contributed by atoms with Crippen LogP contribution in [0.1, 0.15) is 18.4 Å². The molecule has 2 unspecified atom stereocenters. The van der Waals surface area contributed by atoms with Crippen molar-refractivity contribution in [2.75, 3.05) is 6.61 Å². The molecule has 2 atom stereocenters. The van der Waals surface area contributed by atoms with E-state index in [9.17, 15) is 4.79 Å². The minimum Gasteiger partial charge on any atom is -0.491 e. The van der Waals surface area contributed by atoms with Gasteiger partial charge in [0.1, 0.15) is 12.4 Å². The fourth-order valence-corrected chi connectivity index (χ4v) is 1.90. The van der Waals surface area contributed by atoms with E-state index < -0.39 is 12.1 Å². The summed E-state index contributed by atoms with van der Waals surface area (Å²) >= 11 is 0. The molecular weight excluding hydrogens is 220 g/mol. The van der Waals surface area contributed by atoms with Crippen LogP contribution in [0, 0.1) is 6.92 Å². The molecule has 4 heteroatoms. The Labute approximate surface area is 100 Å². The normalized spacial score (nSPS) is 23.6. The van der Waals surface area contributed by atoms with Crippen LogP contribution in [0.3, 0.4) is 0 Å². The van der Waals surface area contributed by atoms with Crippen molar-refractivity contribution >= 4 is 5.97 Å². The van der Waals surface area contributed by atoms with Gasteiger partial charge in [-0.15, -0.1) is 0 Å². The van der Waals surface area contributed by atoms with Crippen molar-refractivity contribution in [3.8, 4) is 5.75 Å². The van der Waals surface area contributed by atoms with Crippen molar-refractivity contribution in [2.45, 2.75) is 32.0 Å². The van der Waals surface area contributed by atoms with Crippen molar-refractivity contribution in [1.82, 2.24) is 0 Å². The number of carboxylic acid groups (broad SMARTS) is 1. The number of hydrogen-bond donors (Lipinski definition) is 1. The Bertz CT molecular complexity index is 402. The Morgan fingerprint density at radius 2 is 2.35 bits per heavy atom. The van der Waals surface area contributed by atoms with E-state index in [1.165, 1.54) is 0 Å². The maximum absolute atomic E-state index is 10.7. The fraction of sp³-hybridized carbons (Fsp3) is 0.462. The third-order valence-electron chi connectivity index (χ3n) is 2.81. The Balaban J connectivity index is 1.82. The molecule has 0 amide bonds. The first-order chi connectivity index (χ1) is 8.15. The molecular formula is C13H16O4. The van der Waals surface area contributed by atoms with Crippen LogP contribution in [0.2, 0.25) is 0 Å². The summed E-state index contributed by atoms with van der Waals surface area (Å²) in [5.74, 6) is -0.0876. The molecule has 2 rings (SSSR count). The molecule has 1 N–H and O–H groups in total. The number of carbonyl (C=O) groups is 1. The summed E-state index contributed by atoms with van der Waals surface area (Å²) < 4.78 is 10.9. The average molecular weight is 236 g/mol. The molecule has 1 heterocycles. The van der Waals surface area contributed by atoms with Gasteiger partial charge in [0, 0.05) is 0 Å². The smallest absolute Gasteiger partial charge is 0.332 e. The first-order valence-electron chi connectivity index (χ1n) is 5.73. The van der Waals surface area contributed by atoms with Gasteiger partial charge in [-0.05, 0) is 37.5 Å². The summed E-state index contributed by atoms with van der Waals surface area (Å²) in [6.07, 6.45) is 0.526. The standard InChI is InChI=1S/C13H16O4/c1-9-3-2-4-10(7-9)16-8-11-5-6-12(17-11)13(14)15/h2-4,7,11-12H,5-6,8H2,1H3,(H,14,15). The number of ether oxygens (including phenoxy) is 2. The highest BCUT2D eigenvalue weighted by Gasteiger charge is 2.30. The Hall–Kier alpha value is -1.55. The molecule has 1 aliphatic rings. The molecule has 1 fully saturated rings. The number of aliphatic carboxylic acids is 1. The lowest BCUT2D eigenvalue weighted by Gasteiger charge is -2.12. The van der Waals surface area contributed by atoms with E-state index in [1.54, 1.807) is 0 Å². The van der Waals surface area contributed by atoms with E-state index >= 15 is 0 Å². The Morgan fingerprint density at radius 1 is 1.53 bits per heavy atom. The predicted octanol–water partition coefficient (Wildman–Crippen LogP) is 2.01. The SMILES string of the molecule is Cc1cccc(OCC2CCC(C(=O)O)O2)c1. The Kier molecular flexibility index (Phi) is 3.64. The quantitative estimate of drug-likeness (QED) is 0.868. The van der Waals surface area contributed by atoms with Crippen LogP contribution in [0.15, 0.2) is 24.3 Å². The van der Waals surface area contributed by atoms with Gasteiger partial charge in [-0.1, -0.05) is 12.1 Å². The molecule has 1 aromatic carbocycles. The minimum atomic E-state index is -0.886. The topological polar surface area (TPSA) is 55.8 Å². The van der Waals surface area contributed by atoms with Gasteiger partial charge < -0.3 is 14.6 Å². The summed E-state index contributed by atoms with van der Waals surface area (Å²) in [5.41, 5.74) is 1.14. The highest BCUT2D eigenvalue weighted by molar-refractivity contribution is 5.72. The van der Waals surface area contributed by atoms with Crippen LogP contribution in [-0.4, -0.2) is 29.9 Å². The van der Waals surface area contributed by atoms with Gasteiger partial charge in [0.2, 0.25) is 0 Å². The summed E-state index contributed by atoms with van der Waals surface area (Å²) in [6.45, 7) is 2.41. The summed E-state index contributed by atoms with van der Waals surface area (Å²) in [4.78, 5) is 10.7. The molecule has 0 spiro atoms. The third-order valence-corrected chi connectivity index (χ3v) is 2.81. The lowest BCUT2D eigenvalue weighted by atomic mass is 10.2. The highest BCUT2D eigenvalue weighted by Crippen LogP contribution is 2.21. The molecule has 92 valence electrons. The molecule has 0 bridgehead atoms. The lowest BCUT2D eigenvalue weighted by molar-refractivity contribution is -0.149. The summed E-state index contributed by atoms with van der Waals surface area (Å²) in [6, 6.07) is 7.76. The first-order valence-corrected chi connectivity index (χ1v) is 5.73. The zero-order chi connectivity index (χ0) is 12.3. The first kappa shape index (κ1) is 11.9. The van der Waals surface area contributed by atoms with E-state index in [2.05, 4.69) is 0 Å². The number of carboxylic acids is 1. The highest BCUT2D eigenvalue weighted by atomic mass is 16.6. The van der Waals surface area contributed by atoms with Crippen molar-refractivity contribution < 1.29 is 19.4 Å². The molecule has 0 aliphatic carbocycles. The van der Waals surface area contributed by atoms with E-state index in [0.29, 0.717) is 13.0 Å². The van der Waals surface area contributed by atoms with Gasteiger partial charge in [-0.2, -0.15) is 0 Å². The second kappa shape index (κ2) is 5.19. The van der Waals surface area contributed by atoms with Crippen molar-refractivity contribution in [3.05, 3.63) is 29.8 Å². The van der Waals surface area contributed by atoms with Gasteiger partial charge in [0.05, 0.1) is 6.10 Å². The number of benzene rings is 1. The second-order valence-electron chi connectivity index (χ2n) is 4.29. The van der Waals surface area contributed by atoms with Crippen molar-refractivity contribution in [1.29, 1.82) is 0 Å².